The van der Waals surface area contributed by atoms with Crippen LogP contribution in [0.1, 0.15) is 33.7 Å². The van der Waals surface area contributed by atoms with Gasteiger partial charge in [-0.05, 0) is 47.0 Å². The highest BCUT2D eigenvalue weighted by Gasteiger charge is 2.25. The van der Waals surface area contributed by atoms with E-state index in [2.05, 4.69) is 31.2 Å². The van der Waals surface area contributed by atoms with Crippen molar-refractivity contribution < 1.29 is 9.59 Å². The number of piperidine rings is 1. The molecule has 144 valence electrons. The van der Waals surface area contributed by atoms with Crippen LogP contribution in [0.4, 0.5) is 0 Å². The van der Waals surface area contributed by atoms with Crippen molar-refractivity contribution in [2.75, 3.05) is 13.1 Å². The fourth-order valence-electron chi connectivity index (χ4n) is 3.08. The number of halogens is 1. The summed E-state index contributed by atoms with van der Waals surface area (Å²) in [5.41, 5.74) is 1.09. The minimum atomic E-state index is -0.156. The van der Waals surface area contributed by atoms with Gasteiger partial charge in [-0.1, -0.05) is 0 Å². The molecule has 0 spiro atoms. The molecule has 9 heteroatoms. The van der Waals surface area contributed by atoms with E-state index in [0.29, 0.717) is 24.3 Å². The highest BCUT2D eigenvalue weighted by molar-refractivity contribution is 9.10. The molecule has 1 aliphatic rings. The third kappa shape index (κ3) is 4.31. The molecule has 1 aliphatic heterocycles. The van der Waals surface area contributed by atoms with E-state index < -0.39 is 0 Å². The average Bonchev–Trinajstić information content (AvgIpc) is 3.38. The fraction of sp³-hybridized carbons (Fsp3) is 0.263. The highest BCUT2D eigenvalue weighted by Crippen LogP contribution is 2.32. The molecule has 0 saturated carbocycles. The first-order chi connectivity index (χ1) is 13.6. The first kappa shape index (κ1) is 19.2. The van der Waals surface area contributed by atoms with Crippen LogP contribution in [-0.4, -0.2) is 45.8 Å². The summed E-state index contributed by atoms with van der Waals surface area (Å²) in [7, 11) is 0. The van der Waals surface area contributed by atoms with Gasteiger partial charge in [0.1, 0.15) is 10.7 Å². The SMILES string of the molecule is O=C(NC1CCN(C(=O)c2ccncc2)CC1)c1csc(-c2cc(Br)cs2)n1. The molecular formula is C19H17BrN4O2S2. The molecule has 3 aromatic rings. The predicted molar refractivity (Wildman–Crippen MR) is 114 cm³/mol. The van der Waals surface area contributed by atoms with Gasteiger partial charge in [0, 0.05) is 52.3 Å². The van der Waals surface area contributed by atoms with Crippen molar-refractivity contribution in [2.45, 2.75) is 18.9 Å². The Labute approximate surface area is 178 Å². The molecule has 3 aromatic heterocycles. The molecule has 0 unspecified atom stereocenters. The molecule has 28 heavy (non-hydrogen) atoms. The zero-order valence-electron chi connectivity index (χ0n) is 14.8. The molecule has 0 aliphatic carbocycles. The van der Waals surface area contributed by atoms with E-state index in [-0.39, 0.29) is 17.9 Å². The van der Waals surface area contributed by atoms with E-state index in [1.165, 1.54) is 11.3 Å². The van der Waals surface area contributed by atoms with Gasteiger partial charge in [-0.15, -0.1) is 22.7 Å². The number of hydrogen-bond acceptors (Lipinski definition) is 6. The quantitative estimate of drug-likeness (QED) is 0.615. The Bertz CT molecular complexity index is 981. The van der Waals surface area contributed by atoms with Crippen molar-refractivity contribution in [1.29, 1.82) is 0 Å². The normalized spacial score (nSPS) is 14.8. The van der Waals surface area contributed by atoms with Gasteiger partial charge in [-0.25, -0.2) is 4.98 Å². The van der Waals surface area contributed by atoms with Gasteiger partial charge in [0.05, 0.1) is 4.88 Å². The van der Waals surface area contributed by atoms with E-state index in [0.717, 1.165) is 27.2 Å². The average molecular weight is 477 g/mol. The number of aromatic nitrogens is 2. The summed E-state index contributed by atoms with van der Waals surface area (Å²) in [6.45, 7) is 1.25. The van der Waals surface area contributed by atoms with E-state index in [1.54, 1.807) is 41.2 Å². The van der Waals surface area contributed by atoms with Crippen LogP contribution in [-0.2, 0) is 0 Å². The first-order valence-corrected chi connectivity index (χ1v) is 11.4. The monoisotopic (exact) mass is 476 g/mol. The number of thiazole rings is 1. The summed E-state index contributed by atoms with van der Waals surface area (Å²) < 4.78 is 1.02. The van der Waals surface area contributed by atoms with E-state index in [4.69, 9.17) is 0 Å². The van der Waals surface area contributed by atoms with Crippen molar-refractivity contribution in [1.82, 2.24) is 20.2 Å². The first-order valence-electron chi connectivity index (χ1n) is 8.80. The zero-order chi connectivity index (χ0) is 19.5. The van der Waals surface area contributed by atoms with Gasteiger partial charge in [-0.3, -0.25) is 14.6 Å². The van der Waals surface area contributed by atoms with Gasteiger partial charge < -0.3 is 10.2 Å². The number of rotatable bonds is 4. The molecular weight excluding hydrogens is 460 g/mol. The van der Waals surface area contributed by atoms with Crippen LogP contribution >= 0.6 is 38.6 Å². The summed E-state index contributed by atoms with van der Waals surface area (Å²) in [5.74, 6) is -0.143. The largest absolute Gasteiger partial charge is 0.348 e. The molecule has 6 nitrogen and oxygen atoms in total. The van der Waals surface area contributed by atoms with Crippen molar-refractivity contribution in [3.63, 3.8) is 0 Å². The second kappa shape index (κ2) is 8.50. The lowest BCUT2D eigenvalue weighted by Gasteiger charge is -2.32. The highest BCUT2D eigenvalue weighted by atomic mass is 79.9. The summed E-state index contributed by atoms with van der Waals surface area (Å²) in [6, 6.07) is 5.50. The molecule has 0 aromatic carbocycles. The number of nitrogens with zero attached hydrogens (tertiary/aromatic N) is 3. The van der Waals surface area contributed by atoms with E-state index >= 15 is 0 Å². The Kier molecular flexibility index (Phi) is 5.84. The molecule has 0 radical (unpaired) electrons. The number of hydrogen-bond donors (Lipinski definition) is 1. The van der Waals surface area contributed by atoms with Crippen molar-refractivity contribution >= 4 is 50.4 Å². The van der Waals surface area contributed by atoms with Crippen LogP contribution in [0.15, 0.2) is 45.8 Å². The maximum Gasteiger partial charge on any atom is 0.270 e. The number of nitrogens with one attached hydrogen (secondary N) is 1. The van der Waals surface area contributed by atoms with Crippen LogP contribution < -0.4 is 5.32 Å². The zero-order valence-corrected chi connectivity index (χ0v) is 18.0. The molecule has 4 rings (SSSR count). The summed E-state index contributed by atoms with van der Waals surface area (Å²) in [5, 5.41) is 7.69. The number of pyridine rings is 1. The smallest absolute Gasteiger partial charge is 0.270 e. The number of likely N-dealkylation sites (tertiary alicyclic amines) is 1. The molecule has 0 atom stereocenters. The number of thiophene rings is 1. The van der Waals surface area contributed by atoms with Crippen LogP contribution in [0.25, 0.3) is 9.88 Å². The number of carbonyl (C=O) groups is 2. The van der Waals surface area contributed by atoms with Crippen LogP contribution in [0.2, 0.25) is 0 Å². The van der Waals surface area contributed by atoms with Crippen molar-refractivity contribution in [2.24, 2.45) is 0 Å². The Morgan fingerprint density at radius 1 is 1.14 bits per heavy atom. The predicted octanol–water partition coefficient (Wildman–Crippen LogP) is 4.06. The minimum absolute atomic E-state index is 0.0124. The fourth-order valence-corrected chi connectivity index (χ4v) is 5.39. The lowest BCUT2D eigenvalue weighted by Crippen LogP contribution is -2.46. The van der Waals surface area contributed by atoms with Gasteiger partial charge in [0.15, 0.2) is 0 Å². The van der Waals surface area contributed by atoms with Gasteiger partial charge in [-0.2, -0.15) is 0 Å². The second-order valence-electron chi connectivity index (χ2n) is 6.44. The van der Waals surface area contributed by atoms with Crippen LogP contribution in [0.3, 0.4) is 0 Å². The van der Waals surface area contributed by atoms with Crippen molar-refractivity contribution in [3.8, 4) is 9.88 Å². The van der Waals surface area contributed by atoms with Crippen LogP contribution in [0.5, 0.6) is 0 Å². The van der Waals surface area contributed by atoms with E-state index in [1.807, 2.05) is 16.3 Å². The number of carbonyl (C=O) groups excluding carboxylic acids is 2. The summed E-state index contributed by atoms with van der Waals surface area (Å²) in [6.07, 6.45) is 4.71. The molecule has 4 heterocycles. The lowest BCUT2D eigenvalue weighted by molar-refractivity contribution is 0.0697. The Morgan fingerprint density at radius 3 is 2.57 bits per heavy atom. The Balaban J connectivity index is 1.32. The van der Waals surface area contributed by atoms with Gasteiger partial charge in [0.25, 0.3) is 11.8 Å². The maximum absolute atomic E-state index is 12.5. The molecule has 0 bridgehead atoms. The van der Waals surface area contributed by atoms with E-state index in [9.17, 15) is 9.59 Å². The summed E-state index contributed by atoms with van der Waals surface area (Å²) in [4.78, 5) is 36.3. The Morgan fingerprint density at radius 2 is 1.89 bits per heavy atom. The van der Waals surface area contributed by atoms with Crippen molar-refractivity contribution in [3.05, 3.63) is 57.1 Å². The third-order valence-electron chi connectivity index (χ3n) is 4.56. The van der Waals surface area contributed by atoms with Gasteiger partial charge >= 0.3 is 0 Å². The Hall–Kier alpha value is -2.10. The van der Waals surface area contributed by atoms with Gasteiger partial charge in [0.2, 0.25) is 0 Å². The third-order valence-corrected chi connectivity index (χ3v) is 7.26. The molecule has 1 fully saturated rings. The summed E-state index contributed by atoms with van der Waals surface area (Å²) >= 11 is 6.50. The lowest BCUT2D eigenvalue weighted by atomic mass is 10.0. The topological polar surface area (TPSA) is 75.2 Å². The molecule has 1 saturated heterocycles. The number of amides is 2. The standard InChI is InChI=1S/C19H17BrN4O2S2/c20-13-9-16(27-10-13)18-23-15(11-28-18)17(25)22-14-3-7-24(8-4-14)19(26)12-1-5-21-6-2-12/h1-2,5-6,9-11,14H,3-4,7-8H2,(H,22,25). The molecule has 2 amide bonds. The second-order valence-corrected chi connectivity index (χ2v) is 9.13. The maximum atomic E-state index is 12.5. The molecule has 1 N–H and O–H groups in total. The minimum Gasteiger partial charge on any atom is -0.348 e. The van der Waals surface area contributed by atoms with Crippen LogP contribution in [0, 0.1) is 0 Å².